The second-order valence-electron chi connectivity index (χ2n) is 3.94. The van der Waals surface area contributed by atoms with Crippen molar-refractivity contribution in [3.8, 4) is 0 Å². The lowest BCUT2D eigenvalue weighted by molar-refractivity contribution is 0.0684. The Kier molecular flexibility index (Phi) is 3.99. The summed E-state index contributed by atoms with van der Waals surface area (Å²) >= 11 is 5.76. The van der Waals surface area contributed by atoms with E-state index in [1.54, 1.807) is 0 Å². The van der Waals surface area contributed by atoms with Crippen LogP contribution in [0.1, 0.15) is 28.0 Å². The van der Waals surface area contributed by atoms with Gasteiger partial charge >= 0.3 is 5.97 Å². The lowest BCUT2D eigenvalue weighted by atomic mass is 10.2. The Morgan fingerprint density at radius 3 is 2.40 bits per heavy atom. The second-order valence-corrected chi connectivity index (χ2v) is 4.30. The van der Waals surface area contributed by atoms with Crippen LogP contribution in [0.3, 0.4) is 0 Å². The van der Waals surface area contributed by atoms with Gasteiger partial charge in [-0.15, -0.1) is 0 Å². The lowest BCUT2D eigenvalue weighted by Crippen LogP contribution is -2.03. The van der Waals surface area contributed by atoms with Gasteiger partial charge in [0.1, 0.15) is 22.2 Å². The molecule has 0 radical (unpaired) electrons. The van der Waals surface area contributed by atoms with Gasteiger partial charge in [-0.3, -0.25) is 0 Å². The van der Waals surface area contributed by atoms with Gasteiger partial charge in [0, 0.05) is 0 Å². The molecule has 1 aromatic carbocycles. The van der Waals surface area contributed by atoms with E-state index in [0.29, 0.717) is 5.56 Å². The molecule has 0 saturated carbocycles. The van der Waals surface area contributed by atoms with Crippen LogP contribution in [-0.4, -0.2) is 20.9 Å². The van der Waals surface area contributed by atoms with Gasteiger partial charge in [0.2, 0.25) is 0 Å². The number of hydrogen-bond acceptors (Lipinski definition) is 2. The van der Waals surface area contributed by atoms with Crippen LogP contribution in [-0.2, 0) is 6.54 Å². The van der Waals surface area contributed by atoms with Gasteiger partial charge in [-0.05, 0) is 17.7 Å². The van der Waals surface area contributed by atoms with E-state index in [1.165, 1.54) is 24.3 Å². The predicted octanol–water partition coefficient (Wildman–Crippen LogP) is 3.36. The Morgan fingerprint density at radius 2 is 1.95 bits per heavy atom. The molecule has 0 aliphatic carbocycles. The molecular weight excluding hydrogens is 297 g/mol. The number of aromatic carboxylic acids is 1. The molecule has 0 aliphatic heterocycles. The highest BCUT2D eigenvalue weighted by Crippen LogP contribution is 2.28. The van der Waals surface area contributed by atoms with Crippen molar-refractivity contribution in [3.05, 3.63) is 52.1 Å². The van der Waals surface area contributed by atoms with Gasteiger partial charge in [0.05, 0.1) is 6.54 Å². The van der Waals surface area contributed by atoms with E-state index in [4.69, 9.17) is 16.7 Å². The number of alkyl halides is 2. The van der Waals surface area contributed by atoms with E-state index in [2.05, 4.69) is 5.10 Å². The van der Waals surface area contributed by atoms with Gasteiger partial charge < -0.3 is 5.11 Å². The van der Waals surface area contributed by atoms with Crippen molar-refractivity contribution in [2.75, 3.05) is 0 Å². The third kappa shape index (κ3) is 2.77. The summed E-state index contributed by atoms with van der Waals surface area (Å²) in [5, 5.41) is 12.0. The molecule has 0 amide bonds. The van der Waals surface area contributed by atoms with E-state index in [-0.39, 0.29) is 6.54 Å². The normalized spacial score (nSPS) is 11.1. The topological polar surface area (TPSA) is 55.1 Å². The minimum atomic E-state index is -3.05. The average molecular weight is 305 g/mol. The molecule has 0 saturated heterocycles. The van der Waals surface area contributed by atoms with Gasteiger partial charge in [-0.2, -0.15) is 5.10 Å². The lowest BCUT2D eigenvalue weighted by Gasteiger charge is -2.03. The molecule has 0 fully saturated rings. The summed E-state index contributed by atoms with van der Waals surface area (Å²) in [6.07, 6.45) is -3.05. The number of carbonyl (C=O) groups is 1. The van der Waals surface area contributed by atoms with Gasteiger partial charge in [0.25, 0.3) is 6.43 Å². The summed E-state index contributed by atoms with van der Waals surface area (Å²) in [6.45, 7) is -0.0356. The first-order chi connectivity index (χ1) is 9.40. The number of benzene rings is 1. The van der Waals surface area contributed by atoms with Crippen LogP contribution < -0.4 is 0 Å². The third-order valence-electron chi connectivity index (χ3n) is 2.58. The maximum absolute atomic E-state index is 12.8. The standard InChI is InChI=1S/C12H8ClF3N2O2/c13-10-8(12(19)20)9(11(15)16)17-18(10)5-6-1-3-7(14)4-2-6/h1-4,11H,5H2,(H,19,20). The number of rotatable bonds is 4. The third-order valence-corrected chi connectivity index (χ3v) is 2.97. The number of halogens is 4. The molecule has 2 rings (SSSR count). The van der Waals surface area contributed by atoms with Crippen molar-refractivity contribution in [3.63, 3.8) is 0 Å². The molecule has 20 heavy (non-hydrogen) atoms. The molecule has 0 aliphatic rings. The second kappa shape index (κ2) is 5.54. The van der Waals surface area contributed by atoms with E-state index < -0.39 is 34.6 Å². The summed E-state index contributed by atoms with van der Waals surface area (Å²) in [4.78, 5) is 10.9. The van der Waals surface area contributed by atoms with Crippen molar-refractivity contribution in [1.82, 2.24) is 9.78 Å². The van der Waals surface area contributed by atoms with Gasteiger partial charge in [-0.25, -0.2) is 22.6 Å². The van der Waals surface area contributed by atoms with Crippen molar-refractivity contribution in [2.45, 2.75) is 13.0 Å². The van der Waals surface area contributed by atoms with Crippen LogP contribution in [0.4, 0.5) is 13.2 Å². The molecule has 1 N–H and O–H groups in total. The Labute approximate surface area is 116 Å². The fraction of sp³-hybridized carbons (Fsp3) is 0.167. The Hall–Kier alpha value is -2.02. The Morgan fingerprint density at radius 1 is 1.35 bits per heavy atom. The fourth-order valence-corrected chi connectivity index (χ4v) is 1.95. The maximum atomic E-state index is 12.8. The van der Waals surface area contributed by atoms with Crippen molar-refractivity contribution in [2.24, 2.45) is 0 Å². The zero-order chi connectivity index (χ0) is 14.9. The first-order valence-electron chi connectivity index (χ1n) is 5.42. The molecule has 0 unspecified atom stereocenters. The Balaban J connectivity index is 2.40. The molecule has 1 heterocycles. The number of hydrogen-bond donors (Lipinski definition) is 1. The van der Waals surface area contributed by atoms with Crippen LogP contribution in [0.25, 0.3) is 0 Å². The molecule has 0 atom stereocenters. The average Bonchev–Trinajstić information content (AvgIpc) is 2.70. The van der Waals surface area contributed by atoms with Crippen molar-refractivity contribution < 1.29 is 23.1 Å². The summed E-state index contributed by atoms with van der Waals surface area (Å²) in [7, 11) is 0. The molecule has 0 spiro atoms. The number of carboxylic acid groups (broad SMARTS) is 1. The van der Waals surface area contributed by atoms with E-state index in [0.717, 1.165) is 4.68 Å². The van der Waals surface area contributed by atoms with E-state index >= 15 is 0 Å². The minimum Gasteiger partial charge on any atom is -0.478 e. The van der Waals surface area contributed by atoms with Crippen molar-refractivity contribution >= 4 is 17.6 Å². The van der Waals surface area contributed by atoms with Crippen LogP contribution >= 0.6 is 11.6 Å². The molecule has 1 aromatic heterocycles. The zero-order valence-electron chi connectivity index (χ0n) is 9.86. The quantitative estimate of drug-likeness (QED) is 0.942. The van der Waals surface area contributed by atoms with Crippen LogP contribution in [0, 0.1) is 5.82 Å². The molecular formula is C12H8ClF3N2O2. The fourth-order valence-electron chi connectivity index (χ4n) is 1.68. The summed E-state index contributed by atoms with van der Waals surface area (Å²) < 4.78 is 39.2. The first-order valence-corrected chi connectivity index (χ1v) is 5.80. The maximum Gasteiger partial charge on any atom is 0.341 e. The van der Waals surface area contributed by atoms with Crippen LogP contribution in [0.2, 0.25) is 5.15 Å². The van der Waals surface area contributed by atoms with Crippen LogP contribution in [0.5, 0.6) is 0 Å². The zero-order valence-corrected chi connectivity index (χ0v) is 10.6. The monoisotopic (exact) mass is 304 g/mol. The van der Waals surface area contributed by atoms with Gasteiger partial charge in [-0.1, -0.05) is 23.7 Å². The SMILES string of the molecule is O=C(O)c1c(C(F)F)nn(Cc2ccc(F)cc2)c1Cl. The molecule has 0 bridgehead atoms. The van der Waals surface area contributed by atoms with Crippen LogP contribution in [0.15, 0.2) is 24.3 Å². The summed E-state index contributed by atoms with van der Waals surface area (Å²) in [5.41, 5.74) is -1.05. The predicted molar refractivity (Wildman–Crippen MR) is 64.7 cm³/mol. The minimum absolute atomic E-state index is 0.0356. The highest BCUT2D eigenvalue weighted by atomic mass is 35.5. The summed E-state index contributed by atoms with van der Waals surface area (Å²) in [5.74, 6) is -2.02. The largest absolute Gasteiger partial charge is 0.478 e. The number of aromatic nitrogens is 2. The Bertz CT molecular complexity index is 641. The van der Waals surface area contributed by atoms with E-state index in [9.17, 15) is 18.0 Å². The summed E-state index contributed by atoms with van der Waals surface area (Å²) in [6, 6.07) is 5.24. The van der Waals surface area contributed by atoms with Crippen molar-refractivity contribution in [1.29, 1.82) is 0 Å². The number of carboxylic acids is 1. The highest BCUT2D eigenvalue weighted by molar-refractivity contribution is 6.32. The van der Waals surface area contributed by atoms with Gasteiger partial charge in [0.15, 0.2) is 0 Å². The van der Waals surface area contributed by atoms with E-state index in [1.807, 2.05) is 0 Å². The number of nitrogens with zero attached hydrogens (tertiary/aromatic N) is 2. The first kappa shape index (κ1) is 14.4. The molecule has 106 valence electrons. The highest BCUT2D eigenvalue weighted by Gasteiger charge is 2.27. The molecule has 8 heteroatoms. The smallest absolute Gasteiger partial charge is 0.341 e. The molecule has 2 aromatic rings. The molecule has 4 nitrogen and oxygen atoms in total.